The number of aromatic nitrogens is 1. The number of nitrogens with zero attached hydrogens (tertiary/aromatic N) is 2. The van der Waals surface area contributed by atoms with Gasteiger partial charge in [0.1, 0.15) is 17.8 Å². The predicted octanol–water partition coefficient (Wildman–Crippen LogP) is 4.17. The van der Waals surface area contributed by atoms with Gasteiger partial charge < -0.3 is 14.7 Å². The lowest BCUT2D eigenvalue weighted by Crippen LogP contribution is -2.35. The molecule has 1 N–H and O–H groups in total. The number of benzene rings is 2. The summed E-state index contributed by atoms with van der Waals surface area (Å²) in [7, 11) is 0. The summed E-state index contributed by atoms with van der Waals surface area (Å²) in [6.45, 7) is 2.52. The molecule has 1 aromatic heterocycles. The number of hydrogen-bond acceptors (Lipinski definition) is 4. The second kappa shape index (κ2) is 7.56. The van der Waals surface area contributed by atoms with Crippen molar-refractivity contribution in [1.82, 2.24) is 9.88 Å². The molecule has 1 aliphatic rings. The first-order chi connectivity index (χ1) is 13.6. The fourth-order valence-electron chi connectivity index (χ4n) is 3.29. The van der Waals surface area contributed by atoms with Crippen LogP contribution < -0.4 is 4.74 Å². The molecule has 5 nitrogen and oxygen atoms in total. The number of phenols is 1. The van der Waals surface area contributed by atoms with Crippen LogP contribution in [0.3, 0.4) is 0 Å². The normalized spacial score (nSPS) is 14.6. The van der Waals surface area contributed by atoms with Crippen LogP contribution in [0.5, 0.6) is 11.5 Å². The zero-order chi connectivity index (χ0) is 19.5. The maximum absolute atomic E-state index is 13.2. The van der Waals surface area contributed by atoms with Crippen LogP contribution >= 0.6 is 0 Å². The number of fused-ring (bicyclic) bond motifs is 1. The van der Waals surface area contributed by atoms with Gasteiger partial charge in [0.15, 0.2) is 0 Å². The number of phenolic OH excluding ortho intramolecular Hbond substituents is 1. The smallest absolute Gasteiger partial charge is 0.258 e. The lowest BCUT2D eigenvalue weighted by Gasteiger charge is -2.31. The van der Waals surface area contributed by atoms with E-state index in [9.17, 15) is 9.90 Å². The zero-order valence-corrected chi connectivity index (χ0v) is 15.5. The van der Waals surface area contributed by atoms with E-state index in [0.29, 0.717) is 23.6 Å². The molecule has 0 unspecified atom stereocenters. The topological polar surface area (TPSA) is 62.7 Å². The van der Waals surface area contributed by atoms with Crippen molar-refractivity contribution in [3.05, 3.63) is 95.5 Å². The van der Waals surface area contributed by atoms with Gasteiger partial charge in [-0.2, -0.15) is 0 Å². The van der Waals surface area contributed by atoms with Gasteiger partial charge in [0.2, 0.25) is 0 Å². The van der Waals surface area contributed by atoms with Gasteiger partial charge in [-0.15, -0.1) is 0 Å². The Kier molecular flexibility index (Phi) is 4.81. The molecule has 0 fully saturated rings. The molecular formula is C23H20N2O3. The van der Waals surface area contributed by atoms with Crippen LogP contribution in [0.15, 0.2) is 73.3 Å². The average molecular weight is 372 g/mol. The lowest BCUT2D eigenvalue weighted by atomic mass is 9.98. The molecule has 1 aliphatic heterocycles. The second-order valence-electron chi connectivity index (χ2n) is 6.72. The summed E-state index contributed by atoms with van der Waals surface area (Å²) in [5, 5.41) is 9.44. The molecule has 5 heteroatoms. The van der Waals surface area contributed by atoms with Crippen molar-refractivity contribution in [3.8, 4) is 11.5 Å². The zero-order valence-electron chi connectivity index (χ0n) is 15.5. The highest BCUT2D eigenvalue weighted by Gasteiger charge is 2.27. The highest BCUT2D eigenvalue weighted by Crippen LogP contribution is 2.30. The van der Waals surface area contributed by atoms with Crippen LogP contribution in [0, 0.1) is 6.92 Å². The summed E-state index contributed by atoms with van der Waals surface area (Å²) in [5.74, 6) is 0.687. The van der Waals surface area contributed by atoms with Gasteiger partial charge in [-0.25, -0.2) is 0 Å². The lowest BCUT2D eigenvalue weighted by molar-refractivity contribution is 0.0831. The molecule has 0 atom stereocenters. The molecule has 0 bridgehead atoms. The maximum atomic E-state index is 13.2. The first-order valence-electron chi connectivity index (χ1n) is 9.09. The monoisotopic (exact) mass is 372 g/mol. The Labute approximate surface area is 163 Å². The summed E-state index contributed by atoms with van der Waals surface area (Å²) in [6.07, 6.45) is 5.88. The van der Waals surface area contributed by atoms with Gasteiger partial charge >= 0.3 is 0 Å². The fraction of sp³-hybridized carbons (Fsp3) is 0.130. The highest BCUT2D eigenvalue weighted by molar-refractivity contribution is 6.00. The number of pyridine rings is 1. The standard InChI is InChI=1S/C23H20N2O3/c1-16-3-2-4-17(13-16)23(27)25-12-10-18-14-24-11-9-21(18)22(25)15-28-20-7-5-19(26)6-8-20/h2-9,11,13-15,26H,10,12H2,1H3/b22-15+. The number of carbonyl (C=O) groups is 1. The van der Waals surface area contributed by atoms with Crippen molar-refractivity contribution in [2.45, 2.75) is 13.3 Å². The van der Waals surface area contributed by atoms with Crippen molar-refractivity contribution in [3.63, 3.8) is 0 Å². The number of amides is 1. The third-order valence-electron chi connectivity index (χ3n) is 4.73. The number of aromatic hydroxyl groups is 1. The van der Waals surface area contributed by atoms with Crippen LogP contribution in [0.25, 0.3) is 5.70 Å². The van der Waals surface area contributed by atoms with Gasteiger partial charge in [0, 0.05) is 30.1 Å². The number of aryl methyl sites for hydroxylation is 1. The number of carbonyl (C=O) groups excluding carboxylic acids is 1. The van der Waals surface area contributed by atoms with Gasteiger partial charge in [0.25, 0.3) is 5.91 Å². The van der Waals surface area contributed by atoms with Crippen molar-refractivity contribution in [2.24, 2.45) is 0 Å². The molecule has 2 heterocycles. The van der Waals surface area contributed by atoms with E-state index in [1.165, 1.54) is 0 Å². The SMILES string of the molecule is Cc1cccc(C(=O)N2CCc3cnccc3/C2=C\Oc2ccc(O)cc2)c1. The highest BCUT2D eigenvalue weighted by atomic mass is 16.5. The molecule has 1 amide bonds. The quantitative estimate of drug-likeness (QED) is 0.701. The summed E-state index contributed by atoms with van der Waals surface area (Å²) < 4.78 is 5.81. The Bertz CT molecular complexity index is 1040. The second-order valence-corrected chi connectivity index (χ2v) is 6.72. The summed E-state index contributed by atoms with van der Waals surface area (Å²) in [4.78, 5) is 19.2. The van der Waals surface area contributed by atoms with E-state index in [0.717, 1.165) is 23.1 Å². The number of ether oxygens (including phenoxy) is 1. The first-order valence-corrected chi connectivity index (χ1v) is 9.09. The van der Waals surface area contributed by atoms with Crippen molar-refractivity contribution < 1.29 is 14.6 Å². The van der Waals surface area contributed by atoms with Crippen LogP contribution in [-0.4, -0.2) is 27.4 Å². The first kappa shape index (κ1) is 17.8. The molecule has 3 aromatic rings. The Morgan fingerprint density at radius 3 is 2.79 bits per heavy atom. The molecule has 28 heavy (non-hydrogen) atoms. The van der Waals surface area contributed by atoms with Gasteiger partial charge in [-0.1, -0.05) is 17.7 Å². The number of hydrogen-bond donors (Lipinski definition) is 1. The third kappa shape index (κ3) is 3.60. The Balaban J connectivity index is 1.71. The minimum Gasteiger partial charge on any atom is -0.508 e. The van der Waals surface area contributed by atoms with Gasteiger partial charge in [-0.3, -0.25) is 9.78 Å². The van der Waals surface area contributed by atoms with Crippen molar-refractivity contribution >= 4 is 11.6 Å². The molecular weight excluding hydrogens is 352 g/mol. The molecule has 0 saturated carbocycles. The van der Waals surface area contributed by atoms with Gasteiger partial charge in [-0.05, 0) is 61.4 Å². The molecule has 0 saturated heterocycles. The molecule has 0 radical (unpaired) electrons. The van der Waals surface area contributed by atoms with Crippen LogP contribution in [0.1, 0.15) is 27.0 Å². The van der Waals surface area contributed by atoms with Gasteiger partial charge in [0.05, 0.1) is 5.70 Å². The maximum Gasteiger partial charge on any atom is 0.258 e. The summed E-state index contributed by atoms with van der Waals surface area (Å²) in [5.41, 5.74) is 4.40. The van der Waals surface area contributed by atoms with E-state index in [1.807, 2.05) is 43.5 Å². The molecule has 4 rings (SSSR count). The summed E-state index contributed by atoms with van der Waals surface area (Å²) in [6, 6.07) is 15.9. The van der Waals surface area contributed by atoms with E-state index < -0.39 is 0 Å². The Morgan fingerprint density at radius 2 is 2.00 bits per heavy atom. The molecule has 140 valence electrons. The van der Waals surface area contributed by atoms with E-state index in [-0.39, 0.29) is 11.7 Å². The largest absolute Gasteiger partial charge is 0.508 e. The fourth-order valence-corrected chi connectivity index (χ4v) is 3.29. The predicted molar refractivity (Wildman–Crippen MR) is 107 cm³/mol. The minimum atomic E-state index is -0.0632. The van der Waals surface area contributed by atoms with Crippen LogP contribution in [0.2, 0.25) is 0 Å². The average Bonchev–Trinajstić information content (AvgIpc) is 2.72. The minimum absolute atomic E-state index is 0.0632. The number of rotatable bonds is 3. The third-order valence-corrected chi connectivity index (χ3v) is 4.73. The van der Waals surface area contributed by atoms with Crippen molar-refractivity contribution in [1.29, 1.82) is 0 Å². The van der Waals surface area contributed by atoms with E-state index in [1.54, 1.807) is 41.6 Å². The van der Waals surface area contributed by atoms with E-state index in [4.69, 9.17) is 4.74 Å². The van der Waals surface area contributed by atoms with Crippen LogP contribution in [0.4, 0.5) is 0 Å². The van der Waals surface area contributed by atoms with E-state index in [2.05, 4.69) is 4.98 Å². The summed E-state index contributed by atoms with van der Waals surface area (Å²) >= 11 is 0. The Hall–Kier alpha value is -3.60. The molecule has 0 aliphatic carbocycles. The molecule has 0 spiro atoms. The van der Waals surface area contributed by atoms with E-state index >= 15 is 0 Å². The van der Waals surface area contributed by atoms with Crippen LogP contribution in [-0.2, 0) is 6.42 Å². The Morgan fingerprint density at radius 1 is 1.18 bits per heavy atom. The van der Waals surface area contributed by atoms with Crippen molar-refractivity contribution in [2.75, 3.05) is 6.54 Å². The molecule has 2 aromatic carbocycles.